The molecule has 20 heavy (non-hydrogen) atoms. The molecule has 0 bridgehead atoms. The van der Waals surface area contributed by atoms with Crippen LogP contribution >= 0.6 is 11.8 Å². The molecule has 2 N–H and O–H groups in total. The van der Waals surface area contributed by atoms with Crippen LogP contribution in [0.2, 0.25) is 0 Å². The van der Waals surface area contributed by atoms with E-state index < -0.39 is 22.1 Å². The number of carbonyl (C=O) groups is 1. The molecule has 0 aromatic carbocycles. The van der Waals surface area contributed by atoms with Gasteiger partial charge in [0.15, 0.2) is 0 Å². The van der Waals surface area contributed by atoms with Gasteiger partial charge in [0.1, 0.15) is 0 Å². The first kappa shape index (κ1) is 17.7. The van der Waals surface area contributed by atoms with Crippen molar-refractivity contribution in [3.8, 4) is 0 Å². The van der Waals surface area contributed by atoms with Crippen LogP contribution in [-0.4, -0.2) is 55.4 Å². The van der Waals surface area contributed by atoms with Crippen molar-refractivity contribution in [2.24, 2.45) is 5.92 Å². The molecule has 0 spiro atoms. The molecule has 6 nitrogen and oxygen atoms in total. The number of carboxylic acid groups (broad SMARTS) is 1. The highest BCUT2D eigenvalue weighted by Crippen LogP contribution is 2.18. The van der Waals surface area contributed by atoms with E-state index in [2.05, 4.69) is 11.0 Å². The minimum atomic E-state index is -3.53. The number of hydrogen-bond donors (Lipinski definition) is 2. The van der Waals surface area contributed by atoms with Gasteiger partial charge < -0.3 is 5.11 Å². The highest BCUT2D eigenvalue weighted by Gasteiger charge is 2.31. The summed E-state index contributed by atoms with van der Waals surface area (Å²) in [5, 5.41) is 8.97. The van der Waals surface area contributed by atoms with E-state index >= 15 is 0 Å². The number of nitrogens with one attached hydrogen (secondary N) is 1. The second kappa shape index (κ2) is 8.86. The minimum absolute atomic E-state index is 0.0805. The molecule has 0 amide bonds. The van der Waals surface area contributed by atoms with Crippen LogP contribution in [0.5, 0.6) is 0 Å². The zero-order chi connectivity index (χ0) is 15.0. The molecular formula is C12H24N2O4S2. The molecule has 1 rings (SSSR count). The Morgan fingerprint density at radius 2 is 2.15 bits per heavy atom. The Morgan fingerprint density at radius 3 is 2.80 bits per heavy atom. The van der Waals surface area contributed by atoms with Crippen LogP contribution in [0.1, 0.15) is 32.1 Å². The zero-order valence-electron chi connectivity index (χ0n) is 11.9. The Labute approximate surface area is 125 Å². The van der Waals surface area contributed by atoms with E-state index in [9.17, 15) is 13.2 Å². The molecule has 8 heteroatoms. The molecule has 0 radical (unpaired) electrons. The second-order valence-electron chi connectivity index (χ2n) is 4.99. The number of rotatable bonds is 9. The predicted molar refractivity (Wildman–Crippen MR) is 81.1 cm³/mol. The lowest BCUT2D eigenvalue weighted by Gasteiger charge is -2.29. The lowest BCUT2D eigenvalue weighted by molar-refractivity contribution is -0.142. The first-order valence-electron chi connectivity index (χ1n) is 6.94. The highest BCUT2D eigenvalue weighted by molar-refractivity contribution is 7.98. The Morgan fingerprint density at radius 1 is 1.40 bits per heavy atom. The number of hydrogen-bond acceptors (Lipinski definition) is 4. The minimum Gasteiger partial charge on any atom is -0.481 e. The van der Waals surface area contributed by atoms with E-state index in [1.165, 1.54) is 4.31 Å². The fraction of sp³-hybridized carbons (Fsp3) is 0.917. The number of thioether (sulfide) groups is 1. The quantitative estimate of drug-likeness (QED) is 0.621. The first-order chi connectivity index (χ1) is 9.47. The van der Waals surface area contributed by atoms with E-state index in [1.54, 1.807) is 11.8 Å². The van der Waals surface area contributed by atoms with E-state index in [0.717, 1.165) is 25.0 Å². The van der Waals surface area contributed by atoms with Crippen LogP contribution in [0.3, 0.4) is 0 Å². The molecule has 1 heterocycles. The summed E-state index contributed by atoms with van der Waals surface area (Å²) in [6.45, 7) is 0.910. The third kappa shape index (κ3) is 5.99. The molecule has 1 saturated heterocycles. The van der Waals surface area contributed by atoms with Gasteiger partial charge in [-0.25, -0.2) is 4.72 Å². The van der Waals surface area contributed by atoms with Gasteiger partial charge in [-0.05, 0) is 37.7 Å². The number of aliphatic carboxylic acids is 1. The largest absolute Gasteiger partial charge is 0.481 e. The van der Waals surface area contributed by atoms with Gasteiger partial charge in [-0.3, -0.25) is 4.79 Å². The smallest absolute Gasteiger partial charge is 0.307 e. The number of piperidine rings is 1. The summed E-state index contributed by atoms with van der Waals surface area (Å²) < 4.78 is 27.9. The van der Waals surface area contributed by atoms with E-state index in [0.29, 0.717) is 25.9 Å². The molecule has 1 unspecified atom stereocenters. The Kier molecular flexibility index (Phi) is 7.86. The van der Waals surface area contributed by atoms with E-state index in [4.69, 9.17) is 5.11 Å². The summed E-state index contributed by atoms with van der Waals surface area (Å²) in [6, 6.07) is 0. The highest BCUT2D eigenvalue weighted by atomic mass is 32.2. The predicted octanol–water partition coefficient (Wildman–Crippen LogP) is 1.15. The van der Waals surface area contributed by atoms with Gasteiger partial charge in [0.2, 0.25) is 0 Å². The maximum atomic E-state index is 12.1. The standard InChI is InChI=1S/C12H24N2O4S2/c1-19-9-4-2-3-7-13-20(17,18)14-8-5-6-11(10-14)12(15)16/h11,13H,2-10H2,1H3,(H,15,16). The monoisotopic (exact) mass is 324 g/mol. The van der Waals surface area contributed by atoms with Crippen LogP contribution in [0, 0.1) is 5.92 Å². The van der Waals surface area contributed by atoms with Gasteiger partial charge in [-0.2, -0.15) is 24.5 Å². The Balaban J connectivity index is 2.34. The first-order valence-corrected chi connectivity index (χ1v) is 9.77. The fourth-order valence-electron chi connectivity index (χ4n) is 2.20. The molecule has 1 aliphatic heterocycles. The molecule has 1 aliphatic rings. The molecule has 0 saturated carbocycles. The summed E-state index contributed by atoms with van der Waals surface area (Å²) in [6.07, 6.45) is 6.12. The van der Waals surface area contributed by atoms with Gasteiger partial charge in [-0.1, -0.05) is 6.42 Å². The summed E-state index contributed by atoms with van der Waals surface area (Å²) in [4.78, 5) is 10.9. The van der Waals surface area contributed by atoms with Crippen molar-refractivity contribution in [1.29, 1.82) is 0 Å². The van der Waals surface area contributed by atoms with Gasteiger partial charge >= 0.3 is 5.97 Å². The summed E-state index contributed by atoms with van der Waals surface area (Å²) in [7, 11) is -3.53. The second-order valence-corrected chi connectivity index (χ2v) is 7.73. The van der Waals surface area contributed by atoms with E-state index in [1.807, 2.05) is 0 Å². The maximum Gasteiger partial charge on any atom is 0.307 e. The van der Waals surface area contributed by atoms with Crippen LogP contribution in [0.15, 0.2) is 0 Å². The van der Waals surface area contributed by atoms with Crippen molar-refractivity contribution in [2.45, 2.75) is 32.1 Å². The molecule has 0 aliphatic carbocycles. The summed E-state index contributed by atoms with van der Waals surface area (Å²) in [5.41, 5.74) is 0. The lowest BCUT2D eigenvalue weighted by Crippen LogP contribution is -2.47. The average molecular weight is 324 g/mol. The van der Waals surface area contributed by atoms with Crippen molar-refractivity contribution in [2.75, 3.05) is 31.6 Å². The average Bonchev–Trinajstić information content (AvgIpc) is 2.43. The van der Waals surface area contributed by atoms with Crippen molar-refractivity contribution in [1.82, 2.24) is 9.03 Å². The molecule has 1 atom stereocenters. The van der Waals surface area contributed by atoms with Crippen LogP contribution < -0.4 is 4.72 Å². The van der Waals surface area contributed by atoms with Gasteiger partial charge in [0, 0.05) is 19.6 Å². The molecule has 118 valence electrons. The zero-order valence-corrected chi connectivity index (χ0v) is 13.5. The van der Waals surface area contributed by atoms with Crippen LogP contribution in [0.4, 0.5) is 0 Å². The van der Waals surface area contributed by atoms with Crippen molar-refractivity contribution in [3.63, 3.8) is 0 Å². The summed E-state index contributed by atoms with van der Waals surface area (Å²) >= 11 is 1.79. The summed E-state index contributed by atoms with van der Waals surface area (Å²) in [5.74, 6) is -0.400. The maximum absolute atomic E-state index is 12.1. The van der Waals surface area contributed by atoms with Gasteiger partial charge in [0.05, 0.1) is 5.92 Å². The SMILES string of the molecule is CSCCCCCNS(=O)(=O)N1CCCC(C(=O)O)C1. The number of nitrogens with zero attached hydrogens (tertiary/aromatic N) is 1. The fourth-order valence-corrected chi connectivity index (χ4v) is 4.03. The number of unbranched alkanes of at least 4 members (excludes halogenated alkanes) is 2. The Hall–Kier alpha value is -0.310. The normalized spacial score (nSPS) is 20.9. The lowest BCUT2D eigenvalue weighted by atomic mass is 10.0. The molecule has 1 fully saturated rings. The Bertz CT molecular complexity index is 400. The molecule has 0 aromatic heterocycles. The third-order valence-electron chi connectivity index (χ3n) is 3.38. The van der Waals surface area contributed by atoms with Crippen LogP contribution in [-0.2, 0) is 15.0 Å². The number of carboxylic acids is 1. The third-order valence-corrected chi connectivity index (χ3v) is 5.66. The van der Waals surface area contributed by atoms with Gasteiger partial charge in [0.25, 0.3) is 10.2 Å². The van der Waals surface area contributed by atoms with Crippen molar-refractivity contribution in [3.05, 3.63) is 0 Å². The van der Waals surface area contributed by atoms with Gasteiger partial charge in [-0.15, -0.1) is 0 Å². The van der Waals surface area contributed by atoms with Crippen molar-refractivity contribution >= 4 is 27.9 Å². The van der Waals surface area contributed by atoms with Crippen LogP contribution in [0.25, 0.3) is 0 Å². The molecular weight excluding hydrogens is 300 g/mol. The van der Waals surface area contributed by atoms with E-state index in [-0.39, 0.29) is 6.54 Å². The van der Waals surface area contributed by atoms with Crippen molar-refractivity contribution < 1.29 is 18.3 Å². The topological polar surface area (TPSA) is 86.7 Å². The molecule has 0 aromatic rings.